The second-order valence-corrected chi connectivity index (χ2v) is 7.30. The van der Waals surface area contributed by atoms with Crippen molar-refractivity contribution in [2.24, 2.45) is 0 Å². The molecule has 1 unspecified atom stereocenters. The van der Waals surface area contributed by atoms with E-state index in [1.54, 1.807) is 6.92 Å². The molecule has 1 atom stereocenters. The fourth-order valence-electron chi connectivity index (χ4n) is 2.84. The average Bonchev–Trinajstić information content (AvgIpc) is 3.01. The van der Waals surface area contributed by atoms with Crippen molar-refractivity contribution in [3.8, 4) is 0 Å². The molecule has 2 amide bonds. The number of nitrogens with one attached hydrogen (secondary N) is 2. The van der Waals surface area contributed by atoms with Gasteiger partial charge in [0.25, 0.3) is 0 Å². The van der Waals surface area contributed by atoms with Crippen LogP contribution in [0.25, 0.3) is 0 Å². The smallest absolute Gasteiger partial charge is 0.317 e. The second-order valence-electron chi connectivity index (χ2n) is 6.36. The molecule has 0 saturated heterocycles. The highest BCUT2D eigenvalue weighted by Crippen LogP contribution is 2.26. The molecule has 1 aliphatic carbocycles. The summed E-state index contributed by atoms with van der Waals surface area (Å²) >= 11 is 1.45. The van der Waals surface area contributed by atoms with Crippen molar-refractivity contribution in [1.29, 1.82) is 0 Å². The molecule has 1 aliphatic rings. The summed E-state index contributed by atoms with van der Waals surface area (Å²) < 4.78 is 0. The van der Waals surface area contributed by atoms with E-state index < -0.39 is 11.6 Å². The number of carbonyl (C=O) groups excluding carboxylic acids is 1. The Bertz CT molecular complexity index is 556. The zero-order chi connectivity index (χ0) is 17.7. The van der Waals surface area contributed by atoms with Crippen LogP contribution < -0.4 is 10.6 Å². The second kappa shape index (κ2) is 7.96. The van der Waals surface area contributed by atoms with Crippen molar-refractivity contribution in [1.82, 2.24) is 15.5 Å². The number of thiophene rings is 1. The van der Waals surface area contributed by atoms with Gasteiger partial charge >= 0.3 is 12.0 Å². The normalized spacial score (nSPS) is 22.5. The Morgan fingerprint density at radius 2 is 2.17 bits per heavy atom. The number of likely N-dealkylation sites (N-methyl/N-ethyl adjacent to an activating group) is 1. The third-order valence-corrected chi connectivity index (χ3v) is 5.48. The predicted molar refractivity (Wildman–Crippen MR) is 92.1 cm³/mol. The fourth-order valence-corrected chi connectivity index (χ4v) is 3.62. The van der Waals surface area contributed by atoms with Gasteiger partial charge in [-0.1, -0.05) is 13.0 Å². The van der Waals surface area contributed by atoms with Gasteiger partial charge in [-0.2, -0.15) is 0 Å². The molecule has 0 radical (unpaired) electrons. The highest BCUT2D eigenvalue weighted by Gasteiger charge is 2.35. The summed E-state index contributed by atoms with van der Waals surface area (Å²) in [6.45, 7) is 4.45. The highest BCUT2D eigenvalue weighted by atomic mass is 32.1. The van der Waals surface area contributed by atoms with E-state index in [0.29, 0.717) is 6.54 Å². The lowest BCUT2D eigenvalue weighted by atomic mass is 9.85. The summed E-state index contributed by atoms with van der Waals surface area (Å²) in [6, 6.07) is 3.63. The van der Waals surface area contributed by atoms with E-state index in [9.17, 15) is 14.7 Å². The standard InChI is InChI=1S/C16H25N3O4S/c1-3-19(9-14(20)21)12-7-11(8-12)18-15(22)17-10-16(2,23)13-5-4-6-24-13/h4-6,11-12,23H,3,7-10H2,1-2H3,(H,20,21)(H2,17,18,22). The van der Waals surface area contributed by atoms with Gasteiger partial charge < -0.3 is 20.8 Å². The lowest BCUT2D eigenvalue weighted by Gasteiger charge is -2.42. The number of rotatable bonds is 8. The van der Waals surface area contributed by atoms with E-state index in [0.717, 1.165) is 17.7 Å². The molecule has 4 N–H and O–H groups in total. The Balaban J connectivity index is 1.70. The first-order chi connectivity index (χ1) is 11.3. The molecule has 1 fully saturated rings. The first kappa shape index (κ1) is 18.7. The van der Waals surface area contributed by atoms with Crippen molar-refractivity contribution < 1.29 is 19.8 Å². The molecule has 1 aromatic rings. The minimum absolute atomic E-state index is 0.0315. The number of hydrogen-bond donors (Lipinski definition) is 4. The Morgan fingerprint density at radius 3 is 2.71 bits per heavy atom. The molecule has 0 bridgehead atoms. The van der Waals surface area contributed by atoms with Crippen LogP contribution in [0.1, 0.15) is 31.6 Å². The summed E-state index contributed by atoms with van der Waals surface area (Å²) in [4.78, 5) is 25.5. The van der Waals surface area contributed by atoms with Gasteiger partial charge in [-0.3, -0.25) is 9.69 Å². The summed E-state index contributed by atoms with van der Waals surface area (Å²) in [5.41, 5.74) is -1.09. The van der Waals surface area contributed by atoms with Gasteiger partial charge in [-0.15, -0.1) is 11.3 Å². The van der Waals surface area contributed by atoms with E-state index >= 15 is 0 Å². The third kappa shape index (κ3) is 4.93. The Hall–Kier alpha value is -1.64. The predicted octanol–water partition coefficient (Wildman–Crippen LogP) is 1.19. The van der Waals surface area contributed by atoms with Crippen LogP contribution in [0.4, 0.5) is 4.79 Å². The molecule has 8 heteroatoms. The van der Waals surface area contributed by atoms with E-state index in [2.05, 4.69) is 10.6 Å². The van der Waals surface area contributed by atoms with Crippen molar-refractivity contribution in [2.75, 3.05) is 19.6 Å². The fraction of sp³-hybridized carbons (Fsp3) is 0.625. The summed E-state index contributed by atoms with van der Waals surface area (Å²) in [5.74, 6) is -0.832. The first-order valence-electron chi connectivity index (χ1n) is 8.08. The average molecular weight is 355 g/mol. The van der Waals surface area contributed by atoms with Crippen LogP contribution in [-0.4, -0.2) is 58.8 Å². The maximum Gasteiger partial charge on any atom is 0.317 e. The maximum atomic E-state index is 11.9. The monoisotopic (exact) mass is 355 g/mol. The minimum Gasteiger partial charge on any atom is -0.480 e. The summed E-state index contributed by atoms with van der Waals surface area (Å²) in [5, 5.41) is 26.7. The van der Waals surface area contributed by atoms with E-state index in [1.807, 2.05) is 29.3 Å². The Morgan fingerprint density at radius 1 is 1.46 bits per heavy atom. The molecule has 1 aromatic heterocycles. The SMILES string of the molecule is CCN(CC(=O)O)C1CC(NC(=O)NCC(C)(O)c2cccs2)C1. The van der Waals surface area contributed by atoms with Crippen molar-refractivity contribution in [3.63, 3.8) is 0 Å². The summed E-state index contributed by atoms with van der Waals surface area (Å²) in [7, 11) is 0. The maximum absolute atomic E-state index is 11.9. The van der Waals surface area contributed by atoms with Crippen molar-refractivity contribution in [2.45, 2.75) is 44.4 Å². The molecule has 7 nitrogen and oxygen atoms in total. The molecule has 0 aromatic carbocycles. The number of hydrogen-bond acceptors (Lipinski definition) is 5. The van der Waals surface area contributed by atoms with Crippen LogP contribution in [-0.2, 0) is 10.4 Å². The van der Waals surface area contributed by atoms with Gasteiger partial charge in [0.05, 0.1) is 13.1 Å². The van der Waals surface area contributed by atoms with Gasteiger partial charge in [0.1, 0.15) is 5.60 Å². The topological polar surface area (TPSA) is 102 Å². The number of carbonyl (C=O) groups is 2. The molecular weight excluding hydrogens is 330 g/mol. The molecule has 134 valence electrons. The lowest BCUT2D eigenvalue weighted by molar-refractivity contribution is -0.139. The van der Waals surface area contributed by atoms with Crippen LogP contribution in [0.3, 0.4) is 0 Å². The molecule has 0 aliphatic heterocycles. The molecule has 2 rings (SSSR count). The molecule has 1 saturated carbocycles. The van der Waals surface area contributed by atoms with Gasteiger partial charge in [-0.05, 0) is 37.8 Å². The van der Waals surface area contributed by atoms with Gasteiger partial charge in [-0.25, -0.2) is 4.79 Å². The van der Waals surface area contributed by atoms with Gasteiger partial charge in [0, 0.05) is 17.0 Å². The van der Waals surface area contributed by atoms with Crippen LogP contribution in [0.15, 0.2) is 17.5 Å². The number of carboxylic acid groups (broad SMARTS) is 1. The molecule has 1 heterocycles. The lowest BCUT2D eigenvalue weighted by Crippen LogP contribution is -2.57. The number of nitrogens with zero attached hydrogens (tertiary/aromatic N) is 1. The third-order valence-electron chi connectivity index (χ3n) is 4.35. The van der Waals surface area contributed by atoms with Crippen molar-refractivity contribution >= 4 is 23.3 Å². The van der Waals surface area contributed by atoms with E-state index in [1.165, 1.54) is 11.3 Å². The Kier molecular flexibility index (Phi) is 6.20. The van der Waals surface area contributed by atoms with Gasteiger partial charge in [0.15, 0.2) is 0 Å². The number of carboxylic acids is 1. The first-order valence-corrected chi connectivity index (χ1v) is 8.96. The van der Waals surface area contributed by atoms with Crippen LogP contribution in [0.5, 0.6) is 0 Å². The minimum atomic E-state index is -1.09. The van der Waals surface area contributed by atoms with Crippen molar-refractivity contribution in [3.05, 3.63) is 22.4 Å². The zero-order valence-corrected chi connectivity index (χ0v) is 14.8. The quantitative estimate of drug-likeness (QED) is 0.561. The van der Waals surface area contributed by atoms with Crippen LogP contribution in [0, 0.1) is 0 Å². The highest BCUT2D eigenvalue weighted by molar-refractivity contribution is 7.10. The van der Waals surface area contributed by atoms with E-state index in [4.69, 9.17) is 5.11 Å². The molecule has 24 heavy (non-hydrogen) atoms. The molecular formula is C16H25N3O4S. The van der Waals surface area contributed by atoms with Crippen LogP contribution >= 0.6 is 11.3 Å². The number of urea groups is 1. The number of aliphatic hydroxyl groups is 1. The zero-order valence-electron chi connectivity index (χ0n) is 14.0. The van der Waals surface area contributed by atoms with E-state index in [-0.39, 0.29) is 31.2 Å². The Labute approximate surface area is 145 Å². The largest absolute Gasteiger partial charge is 0.480 e. The summed E-state index contributed by atoms with van der Waals surface area (Å²) in [6.07, 6.45) is 1.49. The van der Waals surface area contributed by atoms with Crippen LogP contribution in [0.2, 0.25) is 0 Å². The number of amides is 2. The number of aliphatic carboxylic acids is 1. The molecule has 0 spiro atoms. The van der Waals surface area contributed by atoms with Gasteiger partial charge in [0.2, 0.25) is 0 Å².